The van der Waals surface area contributed by atoms with Gasteiger partial charge >= 0.3 is 5.69 Å². The first-order valence-electron chi connectivity index (χ1n) is 8.64. The highest BCUT2D eigenvalue weighted by molar-refractivity contribution is 5.48. The number of rotatable bonds is 5. The summed E-state index contributed by atoms with van der Waals surface area (Å²) in [5, 5.41) is 1.41. The molecule has 1 aromatic heterocycles. The lowest BCUT2D eigenvalue weighted by molar-refractivity contribution is 0.719. The summed E-state index contributed by atoms with van der Waals surface area (Å²) in [6, 6.07) is 15.7. The fraction of sp³-hybridized carbons (Fsp3) is 0.250. The van der Waals surface area contributed by atoms with Crippen LogP contribution in [0.15, 0.2) is 53.3 Å². The van der Waals surface area contributed by atoms with E-state index >= 15 is 0 Å². The molecule has 0 saturated heterocycles. The third kappa shape index (κ3) is 3.50. The molecule has 2 N–H and O–H groups in total. The summed E-state index contributed by atoms with van der Waals surface area (Å²) < 4.78 is 1.59. The summed E-state index contributed by atoms with van der Waals surface area (Å²) in [6.07, 6.45) is 0.595. The van der Waals surface area contributed by atoms with Gasteiger partial charge < -0.3 is 0 Å². The number of aromatic nitrogens is 3. The van der Waals surface area contributed by atoms with E-state index in [0.29, 0.717) is 18.8 Å². The fourth-order valence-corrected chi connectivity index (χ4v) is 3.04. The maximum absolute atomic E-state index is 12.8. The Hall–Kier alpha value is -2.99. The first-order chi connectivity index (χ1) is 12.5. The van der Waals surface area contributed by atoms with Crippen LogP contribution in [0.3, 0.4) is 0 Å². The van der Waals surface area contributed by atoms with Crippen molar-refractivity contribution in [3.63, 3.8) is 0 Å². The zero-order valence-corrected chi connectivity index (χ0v) is 15.3. The smallest absolute Gasteiger partial charge is 0.274 e. The zero-order valence-electron chi connectivity index (χ0n) is 15.3. The lowest BCUT2D eigenvalue weighted by Crippen LogP contribution is -2.36. The van der Waals surface area contributed by atoms with Gasteiger partial charge in [-0.2, -0.15) is 9.97 Å². The van der Waals surface area contributed by atoms with Gasteiger partial charge in [0.05, 0.1) is 12.2 Å². The van der Waals surface area contributed by atoms with Gasteiger partial charge in [-0.3, -0.25) is 5.01 Å². The van der Waals surface area contributed by atoms with Gasteiger partial charge in [0.2, 0.25) is 5.95 Å². The predicted molar refractivity (Wildman–Crippen MR) is 103 cm³/mol. The lowest BCUT2D eigenvalue weighted by atomic mass is 10.1. The number of benzene rings is 2. The minimum atomic E-state index is -0.368. The Morgan fingerprint density at radius 3 is 2.27 bits per heavy atom. The molecule has 0 bridgehead atoms. The van der Waals surface area contributed by atoms with E-state index in [2.05, 4.69) is 9.97 Å². The van der Waals surface area contributed by atoms with Gasteiger partial charge in [0, 0.05) is 6.42 Å². The van der Waals surface area contributed by atoms with Gasteiger partial charge in [-0.1, -0.05) is 55.5 Å². The third-order valence-corrected chi connectivity index (χ3v) is 4.31. The van der Waals surface area contributed by atoms with Gasteiger partial charge in [-0.15, -0.1) is 0 Å². The Labute approximate surface area is 152 Å². The highest BCUT2D eigenvalue weighted by atomic mass is 16.1. The normalized spacial score (nSPS) is 10.8. The van der Waals surface area contributed by atoms with Gasteiger partial charge in [-0.25, -0.2) is 15.2 Å². The van der Waals surface area contributed by atoms with Crippen molar-refractivity contribution in [3.05, 3.63) is 81.5 Å². The number of hydrogen-bond donors (Lipinski definition) is 1. The fourth-order valence-electron chi connectivity index (χ4n) is 3.04. The van der Waals surface area contributed by atoms with Crippen LogP contribution in [0.2, 0.25) is 0 Å². The van der Waals surface area contributed by atoms with Crippen LogP contribution in [-0.2, 0) is 13.0 Å². The molecule has 0 aliphatic carbocycles. The van der Waals surface area contributed by atoms with E-state index in [0.717, 1.165) is 22.4 Å². The molecule has 0 aliphatic heterocycles. The van der Waals surface area contributed by atoms with Gasteiger partial charge in [0.1, 0.15) is 5.82 Å². The van der Waals surface area contributed by atoms with Crippen molar-refractivity contribution in [2.45, 2.75) is 33.7 Å². The van der Waals surface area contributed by atoms with Gasteiger partial charge in [-0.05, 0) is 30.5 Å². The molecule has 0 fully saturated rings. The summed E-state index contributed by atoms with van der Waals surface area (Å²) in [7, 11) is 0. The van der Waals surface area contributed by atoms with E-state index in [4.69, 9.17) is 5.84 Å². The number of hydrogen-bond acceptors (Lipinski definition) is 5. The molecule has 134 valence electrons. The maximum atomic E-state index is 12.8. The van der Waals surface area contributed by atoms with Crippen molar-refractivity contribution in [1.82, 2.24) is 14.5 Å². The predicted octanol–water partition coefficient (Wildman–Crippen LogP) is 2.69. The monoisotopic (exact) mass is 349 g/mol. The molecule has 0 unspecified atom stereocenters. The molecule has 6 heteroatoms. The molecular weight excluding hydrogens is 326 g/mol. The second-order valence-electron chi connectivity index (χ2n) is 6.27. The Morgan fingerprint density at radius 1 is 1.00 bits per heavy atom. The van der Waals surface area contributed by atoms with Crippen LogP contribution in [0, 0.1) is 13.8 Å². The summed E-state index contributed by atoms with van der Waals surface area (Å²) in [5.41, 5.74) is 3.51. The van der Waals surface area contributed by atoms with E-state index in [9.17, 15) is 4.79 Å². The summed E-state index contributed by atoms with van der Waals surface area (Å²) in [4.78, 5) is 21.5. The first-order valence-corrected chi connectivity index (χ1v) is 8.64. The molecular formula is C20H23N5O. The molecule has 3 aromatic rings. The minimum absolute atomic E-state index is 0.234. The lowest BCUT2D eigenvalue weighted by Gasteiger charge is -2.20. The summed E-state index contributed by atoms with van der Waals surface area (Å²) >= 11 is 0. The molecule has 0 radical (unpaired) electrons. The zero-order chi connectivity index (χ0) is 18.7. The topological polar surface area (TPSA) is 77.0 Å². The maximum Gasteiger partial charge on any atom is 0.356 e. The Morgan fingerprint density at radius 2 is 1.65 bits per heavy atom. The minimum Gasteiger partial charge on any atom is -0.274 e. The van der Waals surface area contributed by atoms with Crippen LogP contribution in [0.5, 0.6) is 0 Å². The van der Waals surface area contributed by atoms with Crippen molar-refractivity contribution in [1.29, 1.82) is 0 Å². The number of anilines is 1. The Bertz CT molecular complexity index is 945. The quantitative estimate of drug-likeness (QED) is 0.566. The van der Waals surface area contributed by atoms with E-state index in [1.54, 1.807) is 4.57 Å². The third-order valence-electron chi connectivity index (χ3n) is 4.31. The first kappa shape index (κ1) is 17.8. The van der Waals surface area contributed by atoms with Gasteiger partial charge in [0.15, 0.2) is 0 Å². The van der Waals surface area contributed by atoms with Crippen molar-refractivity contribution in [3.8, 4) is 5.69 Å². The van der Waals surface area contributed by atoms with Crippen LogP contribution >= 0.6 is 0 Å². The average Bonchev–Trinajstić information content (AvgIpc) is 2.63. The number of nitrogens with two attached hydrogens (primary N) is 1. The molecule has 3 rings (SSSR count). The van der Waals surface area contributed by atoms with Crippen molar-refractivity contribution < 1.29 is 0 Å². The highest BCUT2D eigenvalue weighted by Crippen LogP contribution is 2.19. The summed E-state index contributed by atoms with van der Waals surface area (Å²) in [5.74, 6) is 7.00. The average molecular weight is 349 g/mol. The number of para-hydroxylation sites is 1. The van der Waals surface area contributed by atoms with Crippen molar-refractivity contribution in [2.24, 2.45) is 5.84 Å². The van der Waals surface area contributed by atoms with E-state index in [1.807, 2.05) is 69.3 Å². The van der Waals surface area contributed by atoms with Crippen molar-refractivity contribution in [2.75, 3.05) is 5.01 Å². The van der Waals surface area contributed by atoms with Crippen LogP contribution < -0.4 is 16.5 Å². The van der Waals surface area contributed by atoms with Crippen LogP contribution in [0.1, 0.15) is 29.4 Å². The standard InChI is InChI=1S/C20H23N5O/c1-4-17-22-19(24(21)13-16-11-6-5-7-12-16)23-20(26)25(17)18-14(2)9-8-10-15(18)3/h5-12H,4,13,21H2,1-3H3. The molecule has 0 amide bonds. The Balaban J connectivity index is 2.04. The van der Waals surface area contributed by atoms with Gasteiger partial charge in [0.25, 0.3) is 0 Å². The molecule has 1 heterocycles. The number of nitrogens with zero attached hydrogens (tertiary/aromatic N) is 4. The van der Waals surface area contributed by atoms with Crippen LogP contribution in [-0.4, -0.2) is 14.5 Å². The molecule has 6 nitrogen and oxygen atoms in total. The van der Waals surface area contributed by atoms with E-state index in [1.165, 1.54) is 5.01 Å². The second-order valence-corrected chi connectivity index (χ2v) is 6.27. The van der Waals surface area contributed by atoms with E-state index < -0.39 is 0 Å². The molecule has 0 aliphatic rings. The molecule has 0 atom stereocenters. The Kier molecular flexibility index (Phi) is 5.14. The van der Waals surface area contributed by atoms with E-state index in [-0.39, 0.29) is 11.6 Å². The summed E-state index contributed by atoms with van der Waals surface area (Å²) in [6.45, 7) is 6.35. The molecule has 2 aromatic carbocycles. The molecule has 0 spiro atoms. The second kappa shape index (κ2) is 7.49. The largest absolute Gasteiger partial charge is 0.356 e. The number of hydrazine groups is 1. The highest BCUT2D eigenvalue weighted by Gasteiger charge is 2.16. The van der Waals surface area contributed by atoms with Crippen LogP contribution in [0.25, 0.3) is 5.69 Å². The number of aryl methyl sites for hydroxylation is 3. The molecule has 26 heavy (non-hydrogen) atoms. The van der Waals surface area contributed by atoms with Crippen LogP contribution in [0.4, 0.5) is 5.95 Å². The molecule has 0 saturated carbocycles. The van der Waals surface area contributed by atoms with Crippen molar-refractivity contribution >= 4 is 5.95 Å². The SMILES string of the molecule is CCc1nc(N(N)Cc2ccccc2)nc(=O)n1-c1c(C)cccc1C.